The number of anilines is 2. The van der Waals surface area contributed by atoms with E-state index in [0.717, 1.165) is 5.56 Å². The predicted molar refractivity (Wildman–Crippen MR) is 109 cm³/mol. The van der Waals surface area contributed by atoms with Gasteiger partial charge in [-0.1, -0.05) is 12.1 Å². The molecule has 0 aliphatic heterocycles. The molecule has 0 unspecified atom stereocenters. The van der Waals surface area contributed by atoms with Crippen molar-refractivity contribution < 1.29 is 14.1 Å². The van der Waals surface area contributed by atoms with Gasteiger partial charge in [-0.25, -0.2) is 4.98 Å². The lowest BCUT2D eigenvalue weighted by Crippen LogP contribution is -2.11. The second-order valence-electron chi connectivity index (χ2n) is 6.36. The highest BCUT2D eigenvalue weighted by atomic mass is 16.6. The molecular formula is C20H15N5O5. The van der Waals surface area contributed by atoms with Crippen molar-refractivity contribution in [3.8, 4) is 0 Å². The van der Waals surface area contributed by atoms with Gasteiger partial charge in [0.05, 0.1) is 28.4 Å². The van der Waals surface area contributed by atoms with E-state index in [9.17, 15) is 19.7 Å². The van der Waals surface area contributed by atoms with Gasteiger partial charge >= 0.3 is 0 Å². The summed E-state index contributed by atoms with van der Waals surface area (Å²) in [6.45, 7) is 0.294. The second kappa shape index (κ2) is 7.87. The first kappa shape index (κ1) is 18.9. The average molecular weight is 405 g/mol. The molecule has 1 amide bonds. The molecule has 0 saturated heterocycles. The number of nitrogens with one attached hydrogen (secondary N) is 3. The summed E-state index contributed by atoms with van der Waals surface area (Å²) >= 11 is 0. The largest absolute Gasteiger partial charge is 0.459 e. The molecule has 150 valence electrons. The van der Waals surface area contributed by atoms with Crippen LogP contribution in [-0.4, -0.2) is 20.8 Å². The number of nitro benzene ring substituents is 1. The van der Waals surface area contributed by atoms with Crippen LogP contribution in [-0.2, 0) is 6.54 Å². The van der Waals surface area contributed by atoms with E-state index in [2.05, 4.69) is 20.6 Å². The molecule has 10 nitrogen and oxygen atoms in total. The molecule has 0 spiro atoms. The molecule has 2 heterocycles. The van der Waals surface area contributed by atoms with Gasteiger partial charge in [0.1, 0.15) is 5.69 Å². The van der Waals surface area contributed by atoms with Gasteiger partial charge in [-0.3, -0.25) is 19.7 Å². The van der Waals surface area contributed by atoms with E-state index in [1.165, 1.54) is 24.7 Å². The lowest BCUT2D eigenvalue weighted by Gasteiger charge is -2.09. The summed E-state index contributed by atoms with van der Waals surface area (Å²) in [7, 11) is 0. The van der Waals surface area contributed by atoms with Crippen LogP contribution in [0.5, 0.6) is 0 Å². The Kier molecular flexibility index (Phi) is 4.95. The summed E-state index contributed by atoms with van der Waals surface area (Å²) in [5, 5.41) is 17.3. The van der Waals surface area contributed by atoms with Crippen LogP contribution in [0, 0.1) is 10.1 Å². The summed E-state index contributed by atoms with van der Waals surface area (Å²) in [5.74, 6) is -0.156. The molecule has 10 heteroatoms. The Morgan fingerprint density at radius 2 is 2.00 bits per heavy atom. The first-order valence-corrected chi connectivity index (χ1v) is 8.85. The fourth-order valence-electron chi connectivity index (χ4n) is 2.90. The Labute approximate surface area is 168 Å². The lowest BCUT2D eigenvalue weighted by atomic mass is 10.1. The van der Waals surface area contributed by atoms with E-state index in [4.69, 9.17) is 4.42 Å². The number of carbonyl (C=O) groups is 1. The molecule has 0 atom stereocenters. The fraction of sp³-hybridized carbons (Fsp3) is 0.0500. The van der Waals surface area contributed by atoms with E-state index in [0.29, 0.717) is 17.7 Å². The van der Waals surface area contributed by atoms with E-state index >= 15 is 0 Å². The predicted octanol–water partition coefficient (Wildman–Crippen LogP) is 3.29. The Bertz CT molecular complexity index is 1280. The number of H-pyrrole nitrogens is 1. The Morgan fingerprint density at radius 1 is 1.20 bits per heavy atom. The van der Waals surface area contributed by atoms with Crippen LogP contribution in [0.2, 0.25) is 0 Å². The van der Waals surface area contributed by atoms with Crippen LogP contribution >= 0.6 is 0 Å². The minimum absolute atomic E-state index is 0.145. The number of nitrogens with zero attached hydrogens (tertiary/aromatic N) is 2. The van der Waals surface area contributed by atoms with E-state index in [-0.39, 0.29) is 28.4 Å². The summed E-state index contributed by atoms with van der Waals surface area (Å²) < 4.78 is 5.04. The third-order valence-corrected chi connectivity index (χ3v) is 4.39. The third-order valence-electron chi connectivity index (χ3n) is 4.39. The van der Waals surface area contributed by atoms with Gasteiger partial charge in [-0.2, -0.15) is 0 Å². The molecule has 0 aliphatic carbocycles. The zero-order chi connectivity index (χ0) is 21.1. The van der Waals surface area contributed by atoms with Crippen molar-refractivity contribution in [2.75, 3.05) is 10.6 Å². The first-order chi connectivity index (χ1) is 14.5. The number of carbonyl (C=O) groups excluding carboxylic acids is 1. The van der Waals surface area contributed by atoms with Crippen molar-refractivity contribution in [3.63, 3.8) is 0 Å². The maximum Gasteiger partial charge on any atom is 0.293 e. The average Bonchev–Trinajstić information content (AvgIpc) is 3.28. The number of furan rings is 1. The zero-order valence-electron chi connectivity index (χ0n) is 15.4. The molecule has 30 heavy (non-hydrogen) atoms. The SMILES string of the molecule is O=C(Nc1ccc(CNc2cc3nc[nH]c(=O)c3cc2[N+](=O)[O-])cc1)c1ccco1. The summed E-state index contributed by atoms with van der Waals surface area (Å²) in [6.07, 6.45) is 2.66. The topological polar surface area (TPSA) is 143 Å². The van der Waals surface area contributed by atoms with Crippen molar-refractivity contribution in [1.29, 1.82) is 0 Å². The highest BCUT2D eigenvalue weighted by Crippen LogP contribution is 2.28. The minimum Gasteiger partial charge on any atom is -0.459 e. The third kappa shape index (κ3) is 3.87. The van der Waals surface area contributed by atoms with Crippen LogP contribution in [0.1, 0.15) is 16.1 Å². The molecule has 3 N–H and O–H groups in total. The quantitative estimate of drug-likeness (QED) is 0.330. The van der Waals surface area contributed by atoms with Gasteiger partial charge in [0, 0.05) is 18.3 Å². The number of amides is 1. The van der Waals surface area contributed by atoms with Gasteiger partial charge in [0.15, 0.2) is 5.76 Å². The van der Waals surface area contributed by atoms with Crippen molar-refractivity contribution >= 4 is 33.9 Å². The lowest BCUT2D eigenvalue weighted by molar-refractivity contribution is -0.383. The molecular weight excluding hydrogens is 390 g/mol. The van der Waals surface area contributed by atoms with Gasteiger partial charge < -0.3 is 20.0 Å². The Morgan fingerprint density at radius 3 is 2.70 bits per heavy atom. The number of benzene rings is 2. The summed E-state index contributed by atoms with van der Waals surface area (Å²) in [6, 6.07) is 12.9. The molecule has 0 fully saturated rings. The van der Waals surface area contributed by atoms with E-state index in [1.54, 1.807) is 36.4 Å². The van der Waals surface area contributed by atoms with Gasteiger partial charge in [-0.15, -0.1) is 0 Å². The maximum absolute atomic E-state index is 12.0. The van der Waals surface area contributed by atoms with Crippen LogP contribution in [0.25, 0.3) is 10.9 Å². The van der Waals surface area contributed by atoms with Crippen LogP contribution in [0.3, 0.4) is 0 Å². The van der Waals surface area contributed by atoms with E-state index in [1.807, 2.05) is 0 Å². The molecule has 4 rings (SSSR count). The molecule has 0 aliphatic rings. The molecule has 0 radical (unpaired) electrons. The zero-order valence-corrected chi connectivity index (χ0v) is 15.4. The highest BCUT2D eigenvalue weighted by Gasteiger charge is 2.17. The number of aromatic nitrogens is 2. The normalized spacial score (nSPS) is 10.7. The highest BCUT2D eigenvalue weighted by molar-refractivity contribution is 6.02. The number of nitro groups is 1. The number of hydrogen-bond donors (Lipinski definition) is 3. The second-order valence-corrected chi connectivity index (χ2v) is 6.36. The Balaban J connectivity index is 1.50. The number of hydrogen-bond acceptors (Lipinski definition) is 7. The molecule has 0 saturated carbocycles. The molecule has 2 aromatic carbocycles. The monoisotopic (exact) mass is 405 g/mol. The van der Waals surface area contributed by atoms with Crippen LogP contribution in [0.15, 0.2) is 70.3 Å². The van der Waals surface area contributed by atoms with Crippen LogP contribution < -0.4 is 16.2 Å². The fourth-order valence-corrected chi connectivity index (χ4v) is 2.90. The smallest absolute Gasteiger partial charge is 0.293 e. The molecule has 0 bridgehead atoms. The van der Waals surface area contributed by atoms with Crippen molar-refractivity contribution in [2.45, 2.75) is 6.54 Å². The van der Waals surface area contributed by atoms with Crippen LogP contribution in [0.4, 0.5) is 17.1 Å². The number of aromatic amines is 1. The minimum atomic E-state index is -0.554. The summed E-state index contributed by atoms with van der Waals surface area (Å²) in [4.78, 5) is 41.2. The number of rotatable bonds is 6. The van der Waals surface area contributed by atoms with Gasteiger partial charge in [0.2, 0.25) is 0 Å². The number of fused-ring (bicyclic) bond motifs is 1. The Hall–Kier alpha value is -4.47. The molecule has 4 aromatic rings. The van der Waals surface area contributed by atoms with E-state index < -0.39 is 10.5 Å². The maximum atomic E-state index is 12.0. The standard InChI is InChI=1S/C20H15N5O5/c26-19-14-8-17(25(28)29)16(9-15(14)22-11-23-19)21-10-12-3-5-13(6-4-12)24-20(27)18-2-1-7-30-18/h1-9,11,21H,10H2,(H,24,27)(H,22,23,26). The van der Waals surface area contributed by atoms with Crippen molar-refractivity contribution in [1.82, 2.24) is 9.97 Å². The first-order valence-electron chi connectivity index (χ1n) is 8.85. The van der Waals surface area contributed by atoms with Crippen molar-refractivity contribution in [2.24, 2.45) is 0 Å². The molecule has 2 aromatic heterocycles. The van der Waals surface area contributed by atoms with Crippen molar-refractivity contribution in [3.05, 3.63) is 92.9 Å². The van der Waals surface area contributed by atoms with Gasteiger partial charge in [0.25, 0.3) is 17.2 Å². The van der Waals surface area contributed by atoms with Gasteiger partial charge in [-0.05, 0) is 35.9 Å². The summed E-state index contributed by atoms with van der Waals surface area (Å²) in [5.41, 5.74) is 1.35.